The molecule has 43 heavy (non-hydrogen) atoms. The van der Waals surface area contributed by atoms with Crippen molar-refractivity contribution in [2.45, 2.75) is 97.8 Å². The van der Waals surface area contributed by atoms with E-state index < -0.39 is 0 Å². The summed E-state index contributed by atoms with van der Waals surface area (Å²) < 4.78 is 36.0. The van der Waals surface area contributed by atoms with E-state index in [1.165, 1.54) is 62.5 Å². The van der Waals surface area contributed by atoms with Crippen molar-refractivity contribution >= 4 is 0 Å². The van der Waals surface area contributed by atoms with Gasteiger partial charge in [-0.3, -0.25) is 0 Å². The molecule has 1 saturated carbocycles. The smallest absolute Gasteiger partial charge is 0.135 e. The predicted octanol–water partition coefficient (Wildman–Crippen LogP) is 12.5. The average Bonchev–Trinajstić information content (AvgIpc) is 3.00. The minimum atomic E-state index is -0.249. The average molecular weight is 581 g/mol. The lowest BCUT2D eigenvalue weighted by Crippen LogP contribution is -2.14. The molecule has 0 unspecified atom stereocenters. The van der Waals surface area contributed by atoms with Gasteiger partial charge in [-0.15, -0.1) is 0 Å². The molecule has 0 heterocycles. The molecule has 4 aromatic rings. The van der Waals surface area contributed by atoms with Gasteiger partial charge in [0.25, 0.3) is 0 Å². The van der Waals surface area contributed by atoms with Gasteiger partial charge in [0.2, 0.25) is 0 Å². The van der Waals surface area contributed by atoms with E-state index in [-0.39, 0.29) is 11.6 Å². The number of ether oxygens (including phenoxy) is 1. The summed E-state index contributed by atoms with van der Waals surface area (Å²) in [5.41, 5.74) is 7.21. The molecule has 5 rings (SSSR count). The molecule has 0 amide bonds. The highest BCUT2D eigenvalue weighted by Crippen LogP contribution is 2.41. The third-order valence-corrected chi connectivity index (χ3v) is 9.34. The Morgan fingerprint density at radius 2 is 1.40 bits per heavy atom. The van der Waals surface area contributed by atoms with Crippen LogP contribution in [0.5, 0.6) is 11.5 Å². The number of benzene rings is 4. The number of hydrogen-bond acceptors (Lipinski definition) is 1. The van der Waals surface area contributed by atoms with E-state index in [1.807, 2.05) is 36.4 Å². The predicted molar refractivity (Wildman–Crippen MR) is 176 cm³/mol. The first-order chi connectivity index (χ1) is 20.9. The maximum absolute atomic E-state index is 14.9. The normalized spacial score (nSPS) is 16.8. The van der Waals surface area contributed by atoms with Gasteiger partial charge >= 0.3 is 0 Å². The zero-order chi connectivity index (χ0) is 30.3. The molecule has 0 aliphatic heterocycles. The molecule has 0 spiro atoms. The van der Waals surface area contributed by atoms with E-state index in [9.17, 15) is 8.78 Å². The highest BCUT2D eigenvalue weighted by molar-refractivity contribution is 5.77. The molecular weight excluding hydrogens is 534 g/mol. The number of aryl methyl sites for hydroxylation is 3. The van der Waals surface area contributed by atoms with Gasteiger partial charge < -0.3 is 4.74 Å². The molecule has 0 atom stereocenters. The fourth-order valence-corrected chi connectivity index (χ4v) is 6.73. The molecular formula is C40H46F2O. The molecule has 3 heteroatoms. The van der Waals surface area contributed by atoms with Gasteiger partial charge in [-0.05, 0) is 127 Å². The van der Waals surface area contributed by atoms with E-state index in [1.54, 1.807) is 25.1 Å². The summed E-state index contributed by atoms with van der Waals surface area (Å²) >= 11 is 0. The number of halogens is 2. The number of hydrogen-bond donors (Lipinski definition) is 0. The first-order valence-corrected chi connectivity index (χ1v) is 16.3. The molecule has 0 bridgehead atoms. The second-order valence-electron chi connectivity index (χ2n) is 12.6. The van der Waals surface area contributed by atoms with Crippen molar-refractivity contribution in [3.05, 3.63) is 107 Å². The van der Waals surface area contributed by atoms with Crippen LogP contribution in [0, 0.1) is 31.4 Å². The molecule has 1 aliphatic rings. The quantitative estimate of drug-likeness (QED) is 0.160. The molecule has 0 N–H and O–H groups in total. The Morgan fingerprint density at radius 1 is 0.674 bits per heavy atom. The van der Waals surface area contributed by atoms with Crippen LogP contribution >= 0.6 is 0 Å². The Balaban J connectivity index is 1.41. The monoisotopic (exact) mass is 580 g/mol. The maximum Gasteiger partial charge on any atom is 0.135 e. The van der Waals surface area contributed by atoms with E-state index in [0.29, 0.717) is 23.7 Å². The van der Waals surface area contributed by atoms with Crippen molar-refractivity contribution in [2.75, 3.05) is 0 Å². The molecule has 0 saturated heterocycles. The van der Waals surface area contributed by atoms with Crippen LogP contribution < -0.4 is 4.74 Å². The highest BCUT2D eigenvalue weighted by Gasteiger charge is 2.23. The summed E-state index contributed by atoms with van der Waals surface area (Å²) in [7, 11) is 0. The first-order valence-electron chi connectivity index (χ1n) is 16.3. The van der Waals surface area contributed by atoms with Crippen molar-refractivity contribution in [1.82, 2.24) is 0 Å². The zero-order valence-corrected chi connectivity index (χ0v) is 26.3. The number of unbranched alkanes of at least 4 members (excludes halogenated alkanes) is 2. The summed E-state index contributed by atoms with van der Waals surface area (Å²) in [5.74, 6) is 2.44. The van der Waals surface area contributed by atoms with Crippen molar-refractivity contribution in [2.24, 2.45) is 5.92 Å². The van der Waals surface area contributed by atoms with Crippen molar-refractivity contribution < 1.29 is 13.5 Å². The van der Waals surface area contributed by atoms with Gasteiger partial charge in [-0.25, -0.2) is 8.78 Å². The minimum Gasteiger partial charge on any atom is -0.457 e. The first kappa shape index (κ1) is 31.0. The SMILES string of the molecule is CCCCCC1CCC(c2ccc(Oc3cc(-c4ccc(CCC)c(F)c4)ccc3-c3ccc(C)c(F)c3)cc2C)CC1. The second-order valence-corrected chi connectivity index (χ2v) is 12.6. The van der Waals surface area contributed by atoms with Gasteiger partial charge in [-0.1, -0.05) is 88.4 Å². The van der Waals surface area contributed by atoms with E-state index >= 15 is 0 Å². The zero-order valence-electron chi connectivity index (χ0n) is 26.3. The van der Waals surface area contributed by atoms with Crippen LogP contribution in [-0.4, -0.2) is 0 Å². The lowest BCUT2D eigenvalue weighted by molar-refractivity contribution is 0.302. The largest absolute Gasteiger partial charge is 0.457 e. The van der Waals surface area contributed by atoms with E-state index in [0.717, 1.165) is 45.9 Å². The summed E-state index contributed by atoms with van der Waals surface area (Å²) in [6.07, 6.45) is 12.2. The molecule has 4 aromatic carbocycles. The Labute approximate surface area is 257 Å². The second kappa shape index (κ2) is 14.3. The third-order valence-electron chi connectivity index (χ3n) is 9.34. The van der Waals surface area contributed by atoms with Gasteiger partial charge in [0.15, 0.2) is 0 Å². The molecule has 0 radical (unpaired) electrons. The Bertz CT molecular complexity index is 1530. The minimum absolute atomic E-state index is 0.187. The third kappa shape index (κ3) is 7.55. The van der Waals surface area contributed by atoms with Crippen LogP contribution in [0.25, 0.3) is 22.3 Å². The standard InChI is InChI=1S/C40H46F2O/c1-5-7-8-10-29-12-15-30(16-13-29)36-22-20-35(23-28(36)4)43-40-26-33(32-18-17-31(9-6-2)39(42)24-32)19-21-37(40)34-14-11-27(3)38(41)25-34/h11,14,17-26,29-30H,5-10,12-13,15-16H2,1-4H3. The van der Waals surface area contributed by atoms with E-state index in [4.69, 9.17) is 4.74 Å². The van der Waals surface area contributed by atoms with Crippen LogP contribution in [0.3, 0.4) is 0 Å². The number of rotatable bonds is 11. The molecule has 1 aliphatic carbocycles. The van der Waals surface area contributed by atoms with Crippen LogP contribution in [0.2, 0.25) is 0 Å². The lowest BCUT2D eigenvalue weighted by Gasteiger charge is -2.30. The lowest BCUT2D eigenvalue weighted by atomic mass is 9.76. The fraction of sp³-hybridized carbons (Fsp3) is 0.400. The van der Waals surface area contributed by atoms with Crippen LogP contribution in [0.1, 0.15) is 99.8 Å². The topological polar surface area (TPSA) is 9.23 Å². The summed E-state index contributed by atoms with van der Waals surface area (Å²) in [4.78, 5) is 0. The van der Waals surface area contributed by atoms with Crippen LogP contribution in [-0.2, 0) is 6.42 Å². The molecule has 0 aromatic heterocycles. The van der Waals surface area contributed by atoms with Crippen molar-refractivity contribution in [1.29, 1.82) is 0 Å². The van der Waals surface area contributed by atoms with Gasteiger partial charge in [0.1, 0.15) is 23.1 Å². The molecule has 226 valence electrons. The summed E-state index contributed by atoms with van der Waals surface area (Å²) in [5, 5.41) is 0. The summed E-state index contributed by atoms with van der Waals surface area (Å²) in [6.45, 7) is 8.28. The van der Waals surface area contributed by atoms with Crippen molar-refractivity contribution in [3.8, 4) is 33.8 Å². The van der Waals surface area contributed by atoms with Gasteiger partial charge in [0, 0.05) is 5.56 Å². The van der Waals surface area contributed by atoms with Gasteiger partial charge in [0.05, 0.1) is 0 Å². The van der Waals surface area contributed by atoms with Crippen LogP contribution in [0.15, 0.2) is 72.8 Å². The highest BCUT2D eigenvalue weighted by atomic mass is 19.1. The van der Waals surface area contributed by atoms with E-state index in [2.05, 4.69) is 39.0 Å². The fourth-order valence-electron chi connectivity index (χ4n) is 6.73. The maximum atomic E-state index is 14.9. The Kier molecular flexibility index (Phi) is 10.3. The van der Waals surface area contributed by atoms with Crippen molar-refractivity contribution in [3.63, 3.8) is 0 Å². The van der Waals surface area contributed by atoms with Crippen LogP contribution in [0.4, 0.5) is 8.78 Å². The molecule has 1 fully saturated rings. The Hall–Kier alpha value is -3.46. The summed E-state index contributed by atoms with van der Waals surface area (Å²) in [6, 6.07) is 23.0. The Morgan fingerprint density at radius 3 is 2.09 bits per heavy atom. The molecule has 1 nitrogen and oxygen atoms in total. The van der Waals surface area contributed by atoms with Gasteiger partial charge in [-0.2, -0.15) is 0 Å².